The van der Waals surface area contributed by atoms with Gasteiger partial charge in [-0.2, -0.15) is 0 Å². The van der Waals surface area contributed by atoms with Crippen LogP contribution in [0, 0.1) is 0 Å². The molecule has 2 heterocycles. The number of hydrogen-bond donors (Lipinski definition) is 2. The van der Waals surface area contributed by atoms with E-state index in [4.69, 9.17) is 10.6 Å². The molecule has 2 aromatic heterocycles. The molecule has 7 heteroatoms. The second kappa shape index (κ2) is 5.82. The summed E-state index contributed by atoms with van der Waals surface area (Å²) >= 11 is 1.35. The Labute approximate surface area is 122 Å². The Bertz CT molecular complexity index is 578. The van der Waals surface area contributed by atoms with Crippen molar-refractivity contribution in [3.05, 3.63) is 34.6 Å². The van der Waals surface area contributed by atoms with Crippen LogP contribution in [0.3, 0.4) is 0 Å². The molecule has 0 fully saturated rings. The monoisotopic (exact) mass is 293 g/mol. The lowest BCUT2D eigenvalue weighted by atomic mass is 9.89. The Hall–Kier alpha value is -1.57. The minimum atomic E-state index is -0.202. The van der Waals surface area contributed by atoms with Crippen LogP contribution in [0.4, 0.5) is 0 Å². The van der Waals surface area contributed by atoms with E-state index in [2.05, 4.69) is 40.8 Å². The van der Waals surface area contributed by atoms with Crippen molar-refractivity contribution < 1.29 is 4.74 Å². The molecule has 6 nitrogen and oxygen atoms in total. The molecular formula is C13H19N5OS. The molecule has 20 heavy (non-hydrogen) atoms. The first-order valence-corrected chi connectivity index (χ1v) is 7.02. The summed E-state index contributed by atoms with van der Waals surface area (Å²) in [6.07, 6.45) is 3.42. The third-order valence-electron chi connectivity index (χ3n) is 2.96. The maximum Gasteiger partial charge on any atom is 0.137 e. The molecule has 0 aliphatic heterocycles. The molecule has 2 aromatic rings. The first kappa shape index (κ1) is 14.8. The van der Waals surface area contributed by atoms with Gasteiger partial charge in [0.05, 0.1) is 29.9 Å². The molecule has 3 N–H and O–H groups in total. The van der Waals surface area contributed by atoms with Crippen molar-refractivity contribution in [3.8, 4) is 5.75 Å². The summed E-state index contributed by atoms with van der Waals surface area (Å²) in [6, 6.07) is 1.70. The van der Waals surface area contributed by atoms with Gasteiger partial charge in [-0.25, -0.2) is 5.43 Å². The van der Waals surface area contributed by atoms with Gasteiger partial charge in [0, 0.05) is 11.6 Å². The van der Waals surface area contributed by atoms with Gasteiger partial charge in [0.1, 0.15) is 5.75 Å². The van der Waals surface area contributed by atoms with Crippen molar-refractivity contribution in [3.63, 3.8) is 0 Å². The van der Waals surface area contributed by atoms with Crippen molar-refractivity contribution in [2.75, 3.05) is 7.11 Å². The van der Waals surface area contributed by atoms with Crippen LogP contribution in [0.1, 0.15) is 42.9 Å². The SMILES string of the molecule is COc1cncc(C(NN)c2snnc2C(C)(C)C)c1. The lowest BCUT2D eigenvalue weighted by Gasteiger charge is -2.21. The molecule has 0 radical (unpaired) electrons. The average molecular weight is 293 g/mol. The number of ether oxygens (including phenoxy) is 1. The molecule has 0 aliphatic rings. The molecule has 2 rings (SSSR count). The highest BCUT2D eigenvalue weighted by molar-refractivity contribution is 7.05. The fourth-order valence-corrected chi connectivity index (χ4v) is 2.89. The fraction of sp³-hybridized carbons (Fsp3) is 0.462. The molecule has 1 unspecified atom stereocenters. The normalized spacial score (nSPS) is 13.2. The van der Waals surface area contributed by atoms with E-state index in [-0.39, 0.29) is 11.5 Å². The summed E-state index contributed by atoms with van der Waals surface area (Å²) in [7, 11) is 1.61. The lowest BCUT2D eigenvalue weighted by Crippen LogP contribution is -2.30. The van der Waals surface area contributed by atoms with Crippen LogP contribution in [-0.4, -0.2) is 21.7 Å². The van der Waals surface area contributed by atoms with Crippen LogP contribution < -0.4 is 16.0 Å². The molecular weight excluding hydrogens is 274 g/mol. The number of hydrazine groups is 1. The first-order chi connectivity index (χ1) is 9.47. The summed E-state index contributed by atoms with van der Waals surface area (Å²) < 4.78 is 9.28. The number of pyridine rings is 1. The van der Waals surface area contributed by atoms with Gasteiger partial charge in [-0.3, -0.25) is 10.8 Å². The number of nitrogens with one attached hydrogen (secondary N) is 1. The molecule has 0 saturated heterocycles. The molecule has 0 spiro atoms. The van der Waals surface area contributed by atoms with E-state index in [1.54, 1.807) is 19.5 Å². The summed E-state index contributed by atoms with van der Waals surface area (Å²) in [5, 5.41) is 4.25. The number of rotatable bonds is 4. The van der Waals surface area contributed by atoms with Crippen molar-refractivity contribution in [1.29, 1.82) is 0 Å². The highest BCUT2D eigenvalue weighted by Gasteiger charge is 2.28. The zero-order valence-electron chi connectivity index (χ0n) is 12.0. The largest absolute Gasteiger partial charge is 0.495 e. The number of aromatic nitrogens is 3. The fourth-order valence-electron chi connectivity index (χ4n) is 1.94. The lowest BCUT2D eigenvalue weighted by molar-refractivity contribution is 0.411. The van der Waals surface area contributed by atoms with Crippen molar-refractivity contribution in [2.24, 2.45) is 5.84 Å². The molecule has 0 amide bonds. The minimum Gasteiger partial charge on any atom is -0.495 e. The highest BCUT2D eigenvalue weighted by atomic mass is 32.1. The number of hydrogen-bond acceptors (Lipinski definition) is 7. The standard InChI is InChI=1S/C13H19N5OS/c1-13(2,3)12-11(20-18-17-12)10(16-14)8-5-9(19-4)7-15-6-8/h5-7,10,16H,14H2,1-4H3. The average Bonchev–Trinajstić information content (AvgIpc) is 2.89. The molecule has 108 valence electrons. The topological polar surface area (TPSA) is 86.0 Å². The van der Waals surface area contributed by atoms with Gasteiger partial charge in [0.15, 0.2) is 0 Å². The predicted molar refractivity (Wildman–Crippen MR) is 78.6 cm³/mol. The van der Waals surface area contributed by atoms with E-state index in [9.17, 15) is 0 Å². The third kappa shape index (κ3) is 2.95. The summed E-state index contributed by atoms with van der Waals surface area (Å²) in [5.41, 5.74) is 4.58. The van der Waals surface area contributed by atoms with Crippen LogP contribution in [0.15, 0.2) is 18.5 Å². The van der Waals surface area contributed by atoms with Gasteiger partial charge in [-0.15, -0.1) is 5.10 Å². The van der Waals surface area contributed by atoms with Crippen LogP contribution in [0.5, 0.6) is 5.75 Å². The zero-order valence-corrected chi connectivity index (χ0v) is 12.9. The van der Waals surface area contributed by atoms with Crippen molar-refractivity contribution >= 4 is 11.5 Å². The molecule has 0 aromatic carbocycles. The molecule has 0 saturated carbocycles. The van der Waals surface area contributed by atoms with Crippen molar-refractivity contribution in [2.45, 2.75) is 32.2 Å². The van der Waals surface area contributed by atoms with E-state index in [0.717, 1.165) is 16.1 Å². The summed E-state index contributed by atoms with van der Waals surface area (Å²) in [5.74, 6) is 6.42. The Kier molecular flexibility index (Phi) is 4.32. The Morgan fingerprint density at radius 2 is 2.10 bits per heavy atom. The van der Waals surface area contributed by atoms with Gasteiger partial charge in [-0.1, -0.05) is 25.3 Å². The quantitative estimate of drug-likeness (QED) is 0.660. The van der Waals surface area contributed by atoms with E-state index < -0.39 is 0 Å². The van der Waals surface area contributed by atoms with Gasteiger partial charge in [0.2, 0.25) is 0 Å². The predicted octanol–water partition coefficient (Wildman–Crippen LogP) is 1.79. The molecule has 0 bridgehead atoms. The van der Waals surface area contributed by atoms with Crippen LogP contribution >= 0.6 is 11.5 Å². The van der Waals surface area contributed by atoms with Gasteiger partial charge in [0.25, 0.3) is 0 Å². The summed E-state index contributed by atoms with van der Waals surface area (Å²) in [4.78, 5) is 5.16. The Morgan fingerprint density at radius 1 is 1.35 bits per heavy atom. The van der Waals surface area contributed by atoms with E-state index in [1.807, 2.05) is 6.07 Å². The maximum atomic E-state index is 5.73. The van der Waals surface area contributed by atoms with E-state index in [0.29, 0.717) is 5.75 Å². The smallest absolute Gasteiger partial charge is 0.137 e. The van der Waals surface area contributed by atoms with Gasteiger partial charge >= 0.3 is 0 Å². The van der Waals surface area contributed by atoms with Crippen LogP contribution in [-0.2, 0) is 5.41 Å². The maximum absolute atomic E-state index is 5.73. The van der Waals surface area contributed by atoms with Crippen LogP contribution in [0.2, 0.25) is 0 Å². The van der Waals surface area contributed by atoms with E-state index in [1.165, 1.54) is 11.5 Å². The third-order valence-corrected chi connectivity index (χ3v) is 3.75. The van der Waals surface area contributed by atoms with Crippen molar-refractivity contribution in [1.82, 2.24) is 20.0 Å². The van der Waals surface area contributed by atoms with Gasteiger partial charge in [-0.05, 0) is 23.2 Å². The van der Waals surface area contributed by atoms with Crippen LogP contribution in [0.25, 0.3) is 0 Å². The minimum absolute atomic E-state index is 0.0935. The zero-order chi connectivity index (χ0) is 14.8. The molecule has 0 aliphatic carbocycles. The highest BCUT2D eigenvalue weighted by Crippen LogP contribution is 2.33. The Morgan fingerprint density at radius 3 is 2.70 bits per heavy atom. The second-order valence-electron chi connectivity index (χ2n) is 5.49. The number of methoxy groups -OCH3 is 1. The van der Waals surface area contributed by atoms with E-state index >= 15 is 0 Å². The Balaban J connectivity index is 2.45. The number of nitrogens with two attached hydrogens (primary N) is 1. The van der Waals surface area contributed by atoms with Gasteiger partial charge < -0.3 is 4.74 Å². The summed E-state index contributed by atoms with van der Waals surface area (Å²) in [6.45, 7) is 6.31. The molecule has 1 atom stereocenters. The first-order valence-electron chi connectivity index (χ1n) is 6.25. The second-order valence-corrected chi connectivity index (χ2v) is 6.28. The number of nitrogens with zero attached hydrogens (tertiary/aromatic N) is 3.